The topological polar surface area (TPSA) is 35.1 Å². The van der Waals surface area contributed by atoms with Gasteiger partial charge in [-0.05, 0) is 12.1 Å². The summed E-state index contributed by atoms with van der Waals surface area (Å²) in [6.07, 6.45) is -4.02. The summed E-state index contributed by atoms with van der Waals surface area (Å²) >= 11 is 0. The van der Waals surface area contributed by atoms with Gasteiger partial charge in [0.25, 0.3) is 0 Å². The Balaban J connectivity index is 2.07. The van der Waals surface area contributed by atoms with E-state index in [1.807, 2.05) is 0 Å². The Morgan fingerprint density at radius 1 is 1.22 bits per heavy atom. The number of aromatic nitrogens is 1. The summed E-state index contributed by atoms with van der Waals surface area (Å²) in [6.45, 7) is 1.77. The molecule has 0 saturated carbocycles. The molecule has 1 aromatic carbocycles. The van der Waals surface area contributed by atoms with Crippen LogP contribution in [-0.2, 0) is 13.2 Å². The highest BCUT2D eigenvalue weighted by Crippen LogP contribution is 2.34. The molecule has 0 bridgehead atoms. The van der Waals surface area contributed by atoms with Gasteiger partial charge in [-0.1, -0.05) is 19.1 Å². The Hall–Kier alpha value is -2.50. The van der Waals surface area contributed by atoms with Crippen molar-refractivity contribution in [2.75, 3.05) is 0 Å². The summed E-state index contributed by atoms with van der Waals surface area (Å²) in [5.74, 6) is 0.326. The molecule has 120 valence electrons. The Kier molecular flexibility index (Phi) is 3.55. The van der Waals surface area contributed by atoms with Crippen molar-refractivity contribution in [3.05, 3.63) is 47.7 Å². The second-order valence-corrected chi connectivity index (χ2v) is 5.30. The highest BCUT2D eigenvalue weighted by Gasteiger charge is 2.30. The van der Waals surface area contributed by atoms with E-state index in [9.17, 15) is 18.0 Å². The minimum atomic E-state index is -4.40. The number of hydrogen-bond acceptors (Lipinski definition) is 2. The summed E-state index contributed by atoms with van der Waals surface area (Å²) in [4.78, 5) is 11.8. The normalized spacial score (nSPS) is 12.0. The fraction of sp³-hybridized carbons (Fsp3) is 0.235. The van der Waals surface area contributed by atoms with Crippen molar-refractivity contribution in [2.24, 2.45) is 7.05 Å². The molecule has 0 spiro atoms. The monoisotopic (exact) mass is 321 g/mol. The Bertz CT molecular complexity index is 887. The van der Waals surface area contributed by atoms with Crippen molar-refractivity contribution in [3.63, 3.8) is 0 Å². The second-order valence-electron chi connectivity index (χ2n) is 5.30. The molecule has 3 nitrogen and oxygen atoms in total. The van der Waals surface area contributed by atoms with Crippen LogP contribution in [0.2, 0.25) is 0 Å². The zero-order valence-electron chi connectivity index (χ0n) is 12.6. The van der Waals surface area contributed by atoms with Gasteiger partial charge in [-0.25, -0.2) is 0 Å². The van der Waals surface area contributed by atoms with Gasteiger partial charge in [-0.15, -0.1) is 0 Å². The van der Waals surface area contributed by atoms with Gasteiger partial charge in [0.2, 0.25) is 0 Å². The Morgan fingerprint density at radius 2 is 1.96 bits per heavy atom. The van der Waals surface area contributed by atoms with Crippen LogP contribution in [0.25, 0.3) is 22.4 Å². The van der Waals surface area contributed by atoms with Crippen molar-refractivity contribution in [1.82, 2.24) is 4.57 Å². The fourth-order valence-electron chi connectivity index (χ4n) is 2.55. The summed E-state index contributed by atoms with van der Waals surface area (Å²) in [6, 6.07) is 8.25. The zero-order chi connectivity index (χ0) is 16.8. The van der Waals surface area contributed by atoms with Crippen LogP contribution in [-0.4, -0.2) is 10.4 Å². The fourth-order valence-corrected chi connectivity index (χ4v) is 2.55. The average molecular weight is 321 g/mol. The number of furan rings is 1. The van der Waals surface area contributed by atoms with E-state index in [0.717, 1.165) is 12.1 Å². The van der Waals surface area contributed by atoms with Gasteiger partial charge in [-0.3, -0.25) is 4.79 Å². The van der Waals surface area contributed by atoms with Crippen LogP contribution in [0.5, 0.6) is 0 Å². The first kappa shape index (κ1) is 15.4. The number of nitrogens with zero attached hydrogens (tertiary/aromatic N) is 1. The van der Waals surface area contributed by atoms with Crippen LogP contribution in [0.3, 0.4) is 0 Å². The number of hydrogen-bond donors (Lipinski definition) is 0. The maximum absolute atomic E-state index is 12.8. The van der Waals surface area contributed by atoms with Gasteiger partial charge in [-0.2, -0.15) is 13.2 Å². The van der Waals surface area contributed by atoms with E-state index in [4.69, 9.17) is 4.42 Å². The zero-order valence-corrected chi connectivity index (χ0v) is 12.6. The number of fused-ring (bicyclic) bond motifs is 1. The first-order chi connectivity index (χ1) is 10.8. The van der Waals surface area contributed by atoms with E-state index in [0.29, 0.717) is 34.5 Å². The van der Waals surface area contributed by atoms with Crippen molar-refractivity contribution in [3.8, 4) is 11.3 Å². The lowest BCUT2D eigenvalue weighted by atomic mass is 10.1. The molecule has 0 amide bonds. The summed E-state index contributed by atoms with van der Waals surface area (Å²) in [5, 5.41) is 0. The summed E-state index contributed by atoms with van der Waals surface area (Å²) in [7, 11) is 1.73. The molecule has 0 N–H and O–H groups in total. The second kappa shape index (κ2) is 5.30. The molecule has 0 aliphatic heterocycles. The minimum Gasteiger partial charge on any atom is -0.454 e. The molecule has 6 heteroatoms. The lowest BCUT2D eigenvalue weighted by molar-refractivity contribution is -0.137. The molecular weight excluding hydrogens is 307 g/mol. The number of ketones is 1. The maximum atomic E-state index is 12.8. The molecular formula is C17H14F3NO2. The van der Waals surface area contributed by atoms with E-state index >= 15 is 0 Å². The molecule has 3 rings (SSSR count). The quantitative estimate of drug-likeness (QED) is 0.633. The van der Waals surface area contributed by atoms with Gasteiger partial charge in [0.05, 0.1) is 16.8 Å². The van der Waals surface area contributed by atoms with Crippen LogP contribution < -0.4 is 0 Å². The number of carbonyl (C=O) groups is 1. The van der Waals surface area contributed by atoms with Crippen molar-refractivity contribution in [2.45, 2.75) is 19.5 Å². The standard InChI is InChI=1S/C17H14F3NO2/c1-3-14(22)12-8-16-13(21(12)2)9-15(23-16)10-5-4-6-11(7-10)17(18,19)20/h4-9H,3H2,1-2H3. The molecule has 0 aliphatic rings. The molecule has 0 unspecified atom stereocenters. The molecule has 0 radical (unpaired) electrons. The summed E-state index contributed by atoms with van der Waals surface area (Å²) < 4.78 is 45.7. The predicted octanol–water partition coefficient (Wildman–Crippen LogP) is 5.05. The number of Topliss-reactive ketones (excluding diaryl/α,β-unsaturated/α-hetero) is 1. The largest absolute Gasteiger partial charge is 0.454 e. The SMILES string of the molecule is CCC(=O)c1cc2oc(-c3cccc(C(F)(F)F)c3)cc2n1C. The molecule has 0 aliphatic carbocycles. The predicted molar refractivity (Wildman–Crippen MR) is 80.2 cm³/mol. The van der Waals surface area contributed by atoms with E-state index < -0.39 is 11.7 Å². The number of rotatable bonds is 3. The average Bonchev–Trinajstić information content (AvgIpc) is 3.06. The molecule has 0 saturated heterocycles. The van der Waals surface area contributed by atoms with Crippen LogP contribution in [0.1, 0.15) is 29.4 Å². The van der Waals surface area contributed by atoms with Gasteiger partial charge >= 0.3 is 6.18 Å². The Morgan fingerprint density at radius 3 is 2.57 bits per heavy atom. The van der Waals surface area contributed by atoms with E-state index in [1.165, 1.54) is 6.07 Å². The number of benzene rings is 1. The van der Waals surface area contributed by atoms with Gasteiger partial charge in [0, 0.05) is 31.2 Å². The van der Waals surface area contributed by atoms with Gasteiger partial charge in [0.15, 0.2) is 11.4 Å². The highest BCUT2D eigenvalue weighted by atomic mass is 19.4. The Labute approximate surface area is 130 Å². The first-order valence-corrected chi connectivity index (χ1v) is 7.11. The van der Waals surface area contributed by atoms with E-state index in [1.54, 1.807) is 36.7 Å². The number of alkyl halides is 3. The third-order valence-corrected chi connectivity index (χ3v) is 3.81. The molecule has 0 atom stereocenters. The van der Waals surface area contributed by atoms with E-state index in [2.05, 4.69) is 0 Å². The molecule has 3 aromatic rings. The maximum Gasteiger partial charge on any atom is 0.416 e. The van der Waals surface area contributed by atoms with Crippen LogP contribution in [0.4, 0.5) is 13.2 Å². The van der Waals surface area contributed by atoms with Crippen molar-refractivity contribution < 1.29 is 22.4 Å². The molecule has 2 aromatic heterocycles. The minimum absolute atomic E-state index is 0.0143. The third-order valence-electron chi connectivity index (χ3n) is 3.81. The summed E-state index contributed by atoms with van der Waals surface area (Å²) in [5.41, 5.74) is 1.31. The lowest BCUT2D eigenvalue weighted by Gasteiger charge is -2.07. The third kappa shape index (κ3) is 2.65. The first-order valence-electron chi connectivity index (χ1n) is 7.11. The molecule has 2 heterocycles. The van der Waals surface area contributed by atoms with Crippen LogP contribution in [0.15, 0.2) is 40.8 Å². The van der Waals surface area contributed by atoms with E-state index in [-0.39, 0.29) is 5.78 Å². The van der Waals surface area contributed by atoms with Crippen LogP contribution >= 0.6 is 0 Å². The number of halogens is 3. The smallest absolute Gasteiger partial charge is 0.416 e. The lowest BCUT2D eigenvalue weighted by Crippen LogP contribution is -2.04. The van der Waals surface area contributed by atoms with Gasteiger partial charge < -0.3 is 8.98 Å². The number of carbonyl (C=O) groups excluding carboxylic acids is 1. The van der Waals surface area contributed by atoms with Crippen molar-refractivity contribution >= 4 is 16.9 Å². The highest BCUT2D eigenvalue weighted by molar-refractivity contribution is 5.99. The van der Waals surface area contributed by atoms with Crippen molar-refractivity contribution in [1.29, 1.82) is 0 Å². The molecule has 0 fully saturated rings. The van der Waals surface area contributed by atoms with Gasteiger partial charge in [0.1, 0.15) is 5.76 Å². The number of aryl methyl sites for hydroxylation is 1. The van der Waals surface area contributed by atoms with Crippen LogP contribution in [0, 0.1) is 0 Å². The molecule has 23 heavy (non-hydrogen) atoms.